The number of nitrogens with zero attached hydrogens (tertiary/aromatic N) is 1. The highest BCUT2D eigenvalue weighted by atomic mass is 35.5. The minimum Gasteiger partial charge on any atom is -0.497 e. The lowest BCUT2D eigenvalue weighted by atomic mass is 10.00. The fourth-order valence-electron chi connectivity index (χ4n) is 1.79. The topological polar surface area (TPSA) is 77.2 Å². The molecule has 2 unspecified atom stereocenters. The molecule has 3 N–H and O–H groups in total. The van der Waals surface area contributed by atoms with Gasteiger partial charge in [-0.15, -0.1) is 12.4 Å². The fourth-order valence-corrected chi connectivity index (χ4v) is 2.68. The van der Waals surface area contributed by atoms with Crippen molar-refractivity contribution in [3.05, 3.63) is 18.2 Å². The molecule has 116 valence electrons. The summed E-state index contributed by atoms with van der Waals surface area (Å²) in [6.07, 6.45) is 0.867. The van der Waals surface area contributed by atoms with E-state index in [1.54, 1.807) is 7.11 Å². The second-order valence-electron chi connectivity index (χ2n) is 4.75. The average molecular weight is 330 g/mol. The maximum absolute atomic E-state index is 12.0. The number of fused-ring (bicyclic) bond motifs is 1. The number of amides is 1. The van der Waals surface area contributed by atoms with Gasteiger partial charge in [-0.3, -0.25) is 4.79 Å². The average Bonchev–Trinajstić information content (AvgIpc) is 2.86. The van der Waals surface area contributed by atoms with E-state index < -0.39 is 6.04 Å². The highest BCUT2D eigenvalue weighted by Crippen LogP contribution is 2.29. The van der Waals surface area contributed by atoms with Crippen LogP contribution >= 0.6 is 23.7 Å². The van der Waals surface area contributed by atoms with Crippen molar-refractivity contribution in [3.8, 4) is 5.75 Å². The van der Waals surface area contributed by atoms with Gasteiger partial charge in [0.1, 0.15) is 5.75 Å². The fraction of sp³-hybridized carbons (Fsp3) is 0.429. The Kier molecular flexibility index (Phi) is 6.39. The van der Waals surface area contributed by atoms with Gasteiger partial charge in [0.05, 0.1) is 23.4 Å². The van der Waals surface area contributed by atoms with Crippen LogP contribution < -0.4 is 15.8 Å². The van der Waals surface area contributed by atoms with E-state index in [-0.39, 0.29) is 24.2 Å². The lowest BCUT2D eigenvalue weighted by Crippen LogP contribution is -2.40. The summed E-state index contributed by atoms with van der Waals surface area (Å²) in [5.74, 6) is 0.727. The molecule has 0 aliphatic carbocycles. The number of carbonyl (C=O) groups excluding carboxylic acids is 1. The quantitative estimate of drug-likeness (QED) is 0.883. The normalized spacial score (nSPS) is 13.3. The van der Waals surface area contributed by atoms with E-state index in [0.29, 0.717) is 5.13 Å². The van der Waals surface area contributed by atoms with Crippen molar-refractivity contribution < 1.29 is 9.53 Å². The number of ether oxygens (including phenoxy) is 1. The van der Waals surface area contributed by atoms with Crippen LogP contribution in [0.4, 0.5) is 5.13 Å². The minimum atomic E-state index is -0.512. The molecule has 1 amide bonds. The zero-order valence-corrected chi connectivity index (χ0v) is 13.9. The number of thiazole rings is 1. The van der Waals surface area contributed by atoms with Crippen molar-refractivity contribution in [2.75, 3.05) is 12.4 Å². The Morgan fingerprint density at radius 3 is 2.86 bits per heavy atom. The molecule has 0 fully saturated rings. The number of rotatable bonds is 5. The molecular weight excluding hydrogens is 310 g/mol. The van der Waals surface area contributed by atoms with Gasteiger partial charge >= 0.3 is 0 Å². The number of hydrogen-bond acceptors (Lipinski definition) is 5. The summed E-state index contributed by atoms with van der Waals surface area (Å²) in [4.78, 5) is 16.4. The number of halogens is 1. The first-order valence-electron chi connectivity index (χ1n) is 6.56. The number of benzene rings is 1. The molecule has 2 aromatic rings. The standard InChI is InChI=1S/C14H19N3O2S.ClH/c1-4-8(2)12(15)13(18)17-14-16-10-6-5-9(19-3)7-11(10)20-14;/h5-8,12H,4,15H2,1-3H3,(H,16,17,18);1H. The smallest absolute Gasteiger partial charge is 0.243 e. The number of aromatic nitrogens is 1. The van der Waals surface area contributed by atoms with Gasteiger partial charge in [-0.25, -0.2) is 4.98 Å². The lowest BCUT2D eigenvalue weighted by molar-refractivity contribution is -0.118. The Morgan fingerprint density at radius 2 is 2.24 bits per heavy atom. The maximum atomic E-state index is 12.0. The number of methoxy groups -OCH3 is 1. The summed E-state index contributed by atoms with van der Waals surface area (Å²) in [5.41, 5.74) is 6.74. The van der Waals surface area contributed by atoms with E-state index in [1.165, 1.54) is 11.3 Å². The van der Waals surface area contributed by atoms with Crippen molar-refractivity contribution in [3.63, 3.8) is 0 Å². The Hall–Kier alpha value is -1.37. The number of anilines is 1. The van der Waals surface area contributed by atoms with Gasteiger partial charge in [0, 0.05) is 0 Å². The summed E-state index contributed by atoms with van der Waals surface area (Å²) in [6.45, 7) is 3.98. The predicted molar refractivity (Wildman–Crippen MR) is 89.5 cm³/mol. The molecule has 0 radical (unpaired) electrons. The molecule has 1 aromatic carbocycles. The predicted octanol–water partition coefficient (Wildman–Crippen LogP) is 3.04. The highest BCUT2D eigenvalue weighted by Gasteiger charge is 2.20. The first kappa shape index (κ1) is 17.7. The van der Waals surface area contributed by atoms with Gasteiger partial charge in [0.25, 0.3) is 0 Å². The summed E-state index contributed by atoms with van der Waals surface area (Å²) in [7, 11) is 1.62. The van der Waals surface area contributed by atoms with Crippen LogP contribution in [0.5, 0.6) is 5.75 Å². The molecule has 0 aliphatic heterocycles. The van der Waals surface area contributed by atoms with Crippen LogP contribution in [0.3, 0.4) is 0 Å². The zero-order valence-electron chi connectivity index (χ0n) is 12.3. The van der Waals surface area contributed by atoms with Crippen molar-refractivity contribution in [1.29, 1.82) is 0 Å². The first-order chi connectivity index (χ1) is 9.55. The van der Waals surface area contributed by atoms with E-state index >= 15 is 0 Å². The number of nitrogens with one attached hydrogen (secondary N) is 1. The Balaban J connectivity index is 0.00000220. The van der Waals surface area contributed by atoms with Gasteiger partial charge in [0.2, 0.25) is 5.91 Å². The minimum absolute atomic E-state index is 0. The lowest BCUT2D eigenvalue weighted by Gasteiger charge is -2.16. The van der Waals surface area contributed by atoms with Gasteiger partial charge < -0.3 is 15.8 Å². The highest BCUT2D eigenvalue weighted by molar-refractivity contribution is 7.22. The van der Waals surface area contributed by atoms with Gasteiger partial charge in [0.15, 0.2) is 5.13 Å². The first-order valence-corrected chi connectivity index (χ1v) is 7.37. The SMILES string of the molecule is CCC(C)C(N)C(=O)Nc1nc2ccc(OC)cc2s1.Cl. The van der Waals surface area contributed by atoms with Crippen molar-refractivity contribution in [2.24, 2.45) is 11.7 Å². The molecule has 0 spiro atoms. The molecule has 1 aromatic heterocycles. The Bertz CT molecular complexity index is 617. The third-order valence-electron chi connectivity index (χ3n) is 3.39. The second kappa shape index (κ2) is 7.59. The molecule has 0 saturated heterocycles. The third-order valence-corrected chi connectivity index (χ3v) is 4.32. The third kappa shape index (κ3) is 4.06. The van der Waals surface area contributed by atoms with Crippen LogP contribution in [0, 0.1) is 5.92 Å². The largest absolute Gasteiger partial charge is 0.497 e. The monoisotopic (exact) mass is 329 g/mol. The van der Waals surface area contributed by atoms with E-state index in [2.05, 4.69) is 10.3 Å². The van der Waals surface area contributed by atoms with Crippen molar-refractivity contribution in [2.45, 2.75) is 26.3 Å². The summed E-state index contributed by atoms with van der Waals surface area (Å²) in [6, 6.07) is 5.10. The molecule has 2 atom stereocenters. The molecule has 0 bridgehead atoms. The molecule has 0 saturated carbocycles. The number of nitrogens with two attached hydrogens (primary N) is 1. The van der Waals surface area contributed by atoms with Crippen molar-refractivity contribution >= 4 is 45.0 Å². The van der Waals surface area contributed by atoms with Crippen LogP contribution in [-0.2, 0) is 4.79 Å². The van der Waals surface area contributed by atoms with E-state index in [9.17, 15) is 4.79 Å². The summed E-state index contributed by atoms with van der Waals surface area (Å²) >= 11 is 1.41. The molecule has 0 aliphatic rings. The van der Waals surface area contributed by atoms with E-state index in [0.717, 1.165) is 22.4 Å². The molecular formula is C14H20ClN3O2S. The molecule has 5 nitrogen and oxygen atoms in total. The van der Waals surface area contributed by atoms with Crippen LogP contribution in [-0.4, -0.2) is 24.0 Å². The molecule has 2 rings (SSSR count). The Morgan fingerprint density at radius 1 is 1.52 bits per heavy atom. The van der Waals surface area contributed by atoms with Crippen LogP contribution in [0.25, 0.3) is 10.2 Å². The van der Waals surface area contributed by atoms with Crippen molar-refractivity contribution in [1.82, 2.24) is 4.98 Å². The zero-order chi connectivity index (χ0) is 14.7. The van der Waals surface area contributed by atoms with Gasteiger partial charge in [-0.2, -0.15) is 0 Å². The summed E-state index contributed by atoms with van der Waals surface area (Å²) < 4.78 is 6.14. The van der Waals surface area contributed by atoms with E-state index in [1.807, 2.05) is 32.0 Å². The molecule has 1 heterocycles. The number of hydrogen-bond donors (Lipinski definition) is 2. The number of carbonyl (C=O) groups is 1. The molecule has 21 heavy (non-hydrogen) atoms. The second-order valence-corrected chi connectivity index (χ2v) is 5.78. The van der Waals surface area contributed by atoms with Crippen LogP contribution in [0.2, 0.25) is 0 Å². The van der Waals surface area contributed by atoms with Crippen LogP contribution in [0.1, 0.15) is 20.3 Å². The van der Waals surface area contributed by atoms with Gasteiger partial charge in [-0.1, -0.05) is 31.6 Å². The van der Waals surface area contributed by atoms with Crippen LogP contribution in [0.15, 0.2) is 18.2 Å². The maximum Gasteiger partial charge on any atom is 0.243 e. The van der Waals surface area contributed by atoms with Gasteiger partial charge in [-0.05, 0) is 24.1 Å². The molecule has 7 heteroatoms. The Labute approximate surface area is 134 Å². The summed E-state index contributed by atoms with van der Waals surface area (Å²) in [5, 5.41) is 3.35. The van der Waals surface area contributed by atoms with E-state index in [4.69, 9.17) is 10.5 Å².